The molecule has 1 saturated carbocycles. The molecule has 5 amide bonds. The van der Waals surface area contributed by atoms with Crippen LogP contribution in [0.2, 0.25) is 0 Å². The Labute approximate surface area is 518 Å². The zero-order valence-corrected chi connectivity index (χ0v) is 51.3. The predicted octanol–water partition coefficient (Wildman–Crippen LogP) is 5.31. The molecule has 2 saturated heterocycles. The zero-order valence-electron chi connectivity index (χ0n) is 50.5. The summed E-state index contributed by atoms with van der Waals surface area (Å²) in [5.41, 5.74) is 8.48. The van der Waals surface area contributed by atoms with E-state index in [1.807, 2.05) is 60.5 Å². The van der Waals surface area contributed by atoms with Crippen molar-refractivity contribution in [1.82, 2.24) is 65.4 Å². The molecule has 0 bridgehead atoms. The van der Waals surface area contributed by atoms with E-state index in [4.69, 9.17) is 28.5 Å². The van der Waals surface area contributed by atoms with Crippen LogP contribution in [0.25, 0.3) is 27.3 Å². The minimum atomic E-state index is -0.975. The van der Waals surface area contributed by atoms with Gasteiger partial charge in [-0.15, -0.1) is 11.3 Å². The third kappa shape index (κ3) is 16.8. The number of benzene rings is 2. The van der Waals surface area contributed by atoms with Crippen LogP contribution in [0.1, 0.15) is 96.2 Å². The molecule has 25 nitrogen and oxygen atoms in total. The van der Waals surface area contributed by atoms with E-state index in [0.717, 1.165) is 45.9 Å². The molecule has 1 unspecified atom stereocenters. The molecule has 3 aliphatic rings. The Morgan fingerprint density at radius 3 is 2.16 bits per heavy atom. The summed E-state index contributed by atoms with van der Waals surface area (Å²) in [4.78, 5) is 87.6. The van der Waals surface area contributed by atoms with Crippen LogP contribution in [0.3, 0.4) is 0 Å². The first-order valence-corrected chi connectivity index (χ1v) is 31.1. The highest BCUT2D eigenvalue weighted by Gasteiger charge is 2.44. The second-order valence-corrected chi connectivity index (χ2v) is 23.6. The zero-order chi connectivity index (χ0) is 62.4. The average molecular weight is 1250 g/mol. The number of aromatic nitrogens is 7. The lowest BCUT2D eigenvalue weighted by Gasteiger charge is -2.34. The van der Waals surface area contributed by atoms with E-state index in [1.165, 1.54) is 22.3 Å². The molecule has 7 heterocycles. The van der Waals surface area contributed by atoms with Gasteiger partial charge >= 0.3 is 0 Å². The topological polar surface area (TPSA) is 298 Å². The molecular formula is C62H77FN14O11S. The summed E-state index contributed by atoms with van der Waals surface area (Å²) in [5, 5.41) is 33.5. The number of ether oxygens (including phenoxy) is 4. The number of rotatable bonds is 31. The first-order chi connectivity index (χ1) is 43.2. The number of nitrogens with one attached hydrogen (secondary N) is 5. The van der Waals surface area contributed by atoms with Crippen LogP contribution >= 0.6 is 11.3 Å². The lowest BCUT2D eigenvalue weighted by atomic mass is 9.91. The van der Waals surface area contributed by atoms with Crippen molar-refractivity contribution in [1.29, 1.82) is 0 Å². The van der Waals surface area contributed by atoms with Crippen LogP contribution in [-0.4, -0.2) is 201 Å². The molecule has 3 fully saturated rings. The summed E-state index contributed by atoms with van der Waals surface area (Å²) in [6.07, 6.45) is 8.31. The van der Waals surface area contributed by atoms with Gasteiger partial charge in [0.15, 0.2) is 11.5 Å². The molecule has 89 heavy (non-hydrogen) atoms. The van der Waals surface area contributed by atoms with E-state index in [2.05, 4.69) is 46.6 Å². The number of halogens is 1. The van der Waals surface area contributed by atoms with Crippen LogP contribution in [0.15, 0.2) is 83.4 Å². The van der Waals surface area contributed by atoms with Crippen LogP contribution in [-0.2, 0) is 38.1 Å². The minimum absolute atomic E-state index is 0.0207. The number of likely N-dealkylation sites (tertiary alicyclic amines) is 1. The number of hydrogen-bond acceptors (Lipinski definition) is 19. The molecule has 7 aromatic rings. The van der Waals surface area contributed by atoms with Gasteiger partial charge in [0.05, 0.1) is 129 Å². The molecule has 2 aliphatic heterocycles. The number of carbonyl (C=O) groups excluding carboxylic acids is 5. The van der Waals surface area contributed by atoms with Gasteiger partial charge in [-0.3, -0.25) is 38.4 Å². The summed E-state index contributed by atoms with van der Waals surface area (Å²) >= 11 is 1.52. The van der Waals surface area contributed by atoms with Crippen LogP contribution < -0.4 is 21.3 Å². The molecule has 27 heteroatoms. The van der Waals surface area contributed by atoms with Crippen molar-refractivity contribution in [3.63, 3.8) is 0 Å². The van der Waals surface area contributed by atoms with E-state index in [1.54, 1.807) is 54.1 Å². The van der Waals surface area contributed by atoms with Gasteiger partial charge in [-0.2, -0.15) is 5.10 Å². The number of thiazole rings is 1. The van der Waals surface area contributed by atoms with Gasteiger partial charge in [0.1, 0.15) is 23.5 Å². The largest absolute Gasteiger partial charge is 0.391 e. The Balaban J connectivity index is 0.563. The molecule has 5 aromatic heterocycles. The van der Waals surface area contributed by atoms with E-state index in [0.29, 0.717) is 113 Å². The molecule has 10 rings (SSSR count). The van der Waals surface area contributed by atoms with Gasteiger partial charge in [-0.05, 0) is 61.9 Å². The molecule has 4 atom stereocenters. The smallest absolute Gasteiger partial charge is 0.254 e. The minimum Gasteiger partial charge on any atom is -0.391 e. The van der Waals surface area contributed by atoms with Crippen molar-refractivity contribution in [3.05, 3.63) is 119 Å². The third-order valence-corrected chi connectivity index (χ3v) is 16.8. The summed E-state index contributed by atoms with van der Waals surface area (Å²) in [6.45, 7) is 12.4. The predicted molar refractivity (Wildman–Crippen MR) is 327 cm³/mol. The number of H-pyrrole nitrogens is 1. The van der Waals surface area contributed by atoms with Crippen molar-refractivity contribution >= 4 is 58.0 Å². The highest BCUT2D eigenvalue weighted by atomic mass is 32.1. The number of aliphatic hydroxyl groups is 1. The first-order valence-electron chi connectivity index (χ1n) is 30.2. The normalized spacial score (nSPS) is 16.9. The Hall–Kier alpha value is -8.05. The number of hydrogen-bond donors (Lipinski definition) is 6. The van der Waals surface area contributed by atoms with Gasteiger partial charge in [-0.1, -0.05) is 43.3 Å². The maximum Gasteiger partial charge on any atom is 0.254 e. The van der Waals surface area contributed by atoms with Crippen molar-refractivity contribution in [2.45, 2.75) is 83.4 Å². The van der Waals surface area contributed by atoms with Gasteiger partial charge in [0.25, 0.3) is 5.91 Å². The second-order valence-electron chi connectivity index (χ2n) is 22.8. The van der Waals surface area contributed by atoms with E-state index in [9.17, 15) is 29.1 Å². The summed E-state index contributed by atoms with van der Waals surface area (Å²) < 4.78 is 45.6. The number of β-amino-alcohol motifs (C(OH)–C–C–N with tert-alkyl or cyclic N) is 1. The monoisotopic (exact) mass is 1240 g/mol. The summed E-state index contributed by atoms with van der Waals surface area (Å²) in [7, 11) is 0. The molecule has 1 aliphatic carbocycles. The number of anilines is 2. The maximum absolute atomic E-state index is 15.7. The van der Waals surface area contributed by atoms with Crippen molar-refractivity contribution in [3.8, 4) is 21.7 Å². The Kier molecular flexibility index (Phi) is 21.9. The van der Waals surface area contributed by atoms with Crippen molar-refractivity contribution in [2.24, 2.45) is 5.92 Å². The SMILES string of the molecule is Cc1cc([C@H](C(=O)N2C[C@H](O)CC2C(=O)N[C@@H](CC(=O)NCCOCCOCCOCCOCCNC(=O)CN2CCN(C(=O)c3ccc(Nc4nc(C5CC5)cn5c(-c6cn[nH]c6)cnc45)c(F)c3)CC2)c2ccc(-c3scnc3C)cc2)C(C)C)on1. The Morgan fingerprint density at radius 2 is 1.54 bits per heavy atom. The van der Waals surface area contributed by atoms with Gasteiger partial charge in [0.2, 0.25) is 23.6 Å². The Morgan fingerprint density at radius 1 is 0.843 bits per heavy atom. The first kappa shape index (κ1) is 64.0. The number of aryl methyl sites for hydroxylation is 2. The molecular weight excluding hydrogens is 1170 g/mol. The number of piperazine rings is 1. The number of amides is 5. The van der Waals surface area contributed by atoms with E-state index in [-0.39, 0.29) is 79.9 Å². The number of imidazole rings is 1. The van der Waals surface area contributed by atoms with Gasteiger partial charge in [-0.25, -0.2) is 19.3 Å². The quantitative estimate of drug-likeness (QED) is 0.0300. The molecule has 0 radical (unpaired) electrons. The van der Waals surface area contributed by atoms with Crippen LogP contribution in [0, 0.1) is 25.6 Å². The van der Waals surface area contributed by atoms with Crippen LogP contribution in [0.4, 0.5) is 15.9 Å². The van der Waals surface area contributed by atoms with Crippen LogP contribution in [0.5, 0.6) is 0 Å². The Bertz CT molecular complexity index is 3510. The molecule has 474 valence electrons. The summed E-state index contributed by atoms with van der Waals surface area (Å²) in [5.74, 6) is -1.92. The number of aromatic amines is 1. The van der Waals surface area contributed by atoms with Crippen molar-refractivity contribution in [2.75, 3.05) is 111 Å². The van der Waals surface area contributed by atoms with Gasteiger partial charge in [0, 0.05) is 87.7 Å². The fourth-order valence-corrected chi connectivity index (χ4v) is 11.8. The van der Waals surface area contributed by atoms with E-state index >= 15 is 4.39 Å². The van der Waals surface area contributed by atoms with E-state index < -0.39 is 35.8 Å². The summed E-state index contributed by atoms with van der Waals surface area (Å²) in [6, 6.07) is 12.0. The fraction of sp³-hybridized carbons (Fsp3) is 0.484. The molecule has 2 aromatic carbocycles. The number of nitrogens with zero attached hydrogens (tertiary/aromatic N) is 9. The second kappa shape index (κ2) is 30.4. The maximum atomic E-state index is 15.7. The lowest BCUT2D eigenvalue weighted by molar-refractivity contribution is -0.141. The fourth-order valence-electron chi connectivity index (χ4n) is 11.0. The molecule has 0 spiro atoms. The number of carbonyl (C=O) groups is 5. The number of fused-ring (bicyclic) bond motifs is 1. The number of aliphatic hydroxyl groups excluding tert-OH is 1. The lowest BCUT2D eigenvalue weighted by Crippen LogP contribution is -2.51. The third-order valence-electron chi connectivity index (χ3n) is 15.8. The standard InChI is InChI=1S/C62H77FN14O11S/c1-38(2)56(53-27-39(3)73-88-53)62(83)77-34-46(78)29-51(77)60(81)72-49(41-7-9-43(10-8-41)57-40(4)67-37-89-57)30-54(79)64-13-19-84-21-23-86-25-26-87-24-22-85-20-14-65-55(80)36-74-15-17-75(18-16-74)61(82)44-11-12-48(47(63)28-44)70-58-59-66-33-52(45-31-68-69-32-45)76(59)35-50(71-58)42-5-6-42/h7-12,27-28,31-33,35,37-38,42,46,49,51,56,78H,5-6,13-26,29-30,34,36H2,1-4H3,(H,64,79)(H,65,80)(H,68,69)(H,70,71)(H,72,81)/t46-,49+,51?,56-/m1/s1. The van der Waals surface area contributed by atoms with Gasteiger partial charge < -0.3 is 59.6 Å². The average Bonchev–Trinajstić information content (AvgIpc) is 2.14. The molecule has 6 N–H and O–H groups in total. The van der Waals surface area contributed by atoms with Crippen molar-refractivity contribution < 1.29 is 56.9 Å². The highest BCUT2D eigenvalue weighted by molar-refractivity contribution is 7.13. The highest BCUT2D eigenvalue weighted by Crippen LogP contribution is 2.41.